The number of aliphatic carboxylic acids is 1. The summed E-state index contributed by atoms with van der Waals surface area (Å²) in [4.78, 5) is 23.5. The summed E-state index contributed by atoms with van der Waals surface area (Å²) in [6, 6.07) is 0. The Balaban J connectivity index is 2.62. The third kappa shape index (κ3) is 5.43. The minimum atomic E-state index is -1.04. The molecule has 1 rings (SSSR count). The van der Waals surface area contributed by atoms with E-state index in [0.29, 0.717) is 18.6 Å². The first kappa shape index (κ1) is 16.3. The molecule has 0 radical (unpaired) electrons. The molecule has 0 unspecified atom stereocenters. The highest BCUT2D eigenvalue weighted by Gasteiger charge is 2.40. The summed E-state index contributed by atoms with van der Waals surface area (Å²) in [6.07, 6.45) is 4.96. The van der Waals surface area contributed by atoms with E-state index in [2.05, 4.69) is 5.32 Å². The molecular formula is C14H25NO3S. The lowest BCUT2D eigenvalue weighted by Gasteiger charge is -2.29. The summed E-state index contributed by atoms with van der Waals surface area (Å²) in [6.45, 7) is 6.14. The van der Waals surface area contributed by atoms with Gasteiger partial charge in [-0.1, -0.05) is 46.5 Å². The van der Waals surface area contributed by atoms with Gasteiger partial charge in [0.15, 0.2) is 0 Å². The molecule has 0 aliphatic heterocycles. The summed E-state index contributed by atoms with van der Waals surface area (Å²) in [5.74, 6) is -0.730. The van der Waals surface area contributed by atoms with Gasteiger partial charge in [-0.15, -0.1) is 11.8 Å². The van der Waals surface area contributed by atoms with Crippen molar-refractivity contribution < 1.29 is 14.7 Å². The highest BCUT2D eigenvalue weighted by Crippen LogP contribution is 2.28. The number of amides is 1. The zero-order chi connectivity index (χ0) is 14.5. The fourth-order valence-corrected chi connectivity index (χ4v) is 2.95. The van der Waals surface area contributed by atoms with Crippen LogP contribution in [0.25, 0.3) is 0 Å². The van der Waals surface area contributed by atoms with Crippen LogP contribution in [0.15, 0.2) is 0 Å². The van der Waals surface area contributed by atoms with Crippen LogP contribution >= 0.6 is 11.8 Å². The van der Waals surface area contributed by atoms with Gasteiger partial charge in [0, 0.05) is 4.75 Å². The number of rotatable bonds is 4. The van der Waals surface area contributed by atoms with Gasteiger partial charge in [-0.3, -0.25) is 4.79 Å². The van der Waals surface area contributed by atoms with Gasteiger partial charge in [-0.05, 0) is 12.8 Å². The van der Waals surface area contributed by atoms with Gasteiger partial charge in [-0.2, -0.15) is 0 Å². The molecule has 0 aromatic rings. The maximum absolute atomic E-state index is 12.0. The second-order valence-electron chi connectivity index (χ2n) is 6.25. The molecule has 0 aromatic heterocycles. The second-order valence-corrected chi connectivity index (χ2v) is 8.05. The van der Waals surface area contributed by atoms with Crippen molar-refractivity contribution in [1.29, 1.82) is 0 Å². The van der Waals surface area contributed by atoms with Crippen LogP contribution in [0.5, 0.6) is 0 Å². The van der Waals surface area contributed by atoms with Crippen molar-refractivity contribution in [3.8, 4) is 0 Å². The van der Waals surface area contributed by atoms with Crippen molar-refractivity contribution in [2.24, 2.45) is 0 Å². The van der Waals surface area contributed by atoms with E-state index in [0.717, 1.165) is 25.7 Å². The van der Waals surface area contributed by atoms with E-state index in [1.165, 1.54) is 0 Å². The summed E-state index contributed by atoms with van der Waals surface area (Å²) >= 11 is 1.54. The second kappa shape index (κ2) is 6.64. The van der Waals surface area contributed by atoms with Gasteiger partial charge in [0.1, 0.15) is 5.54 Å². The Morgan fingerprint density at radius 1 is 1.16 bits per heavy atom. The maximum atomic E-state index is 12.0. The molecule has 1 fully saturated rings. The van der Waals surface area contributed by atoms with Gasteiger partial charge in [0.25, 0.3) is 0 Å². The summed E-state index contributed by atoms with van der Waals surface area (Å²) in [5.41, 5.74) is -1.04. The van der Waals surface area contributed by atoms with Gasteiger partial charge in [0.2, 0.25) is 5.91 Å². The molecule has 0 heterocycles. The first-order chi connectivity index (χ1) is 8.75. The lowest BCUT2D eigenvalue weighted by Crippen LogP contribution is -2.54. The van der Waals surface area contributed by atoms with Crippen LogP contribution in [0.1, 0.15) is 59.3 Å². The SMILES string of the molecule is CC(C)(C)SCC(=O)NC1(C(=O)O)CCCCCC1. The Bertz CT molecular complexity index is 328. The van der Waals surface area contributed by atoms with E-state index < -0.39 is 11.5 Å². The van der Waals surface area contributed by atoms with Crippen LogP contribution in [0.4, 0.5) is 0 Å². The highest BCUT2D eigenvalue weighted by atomic mass is 32.2. The molecule has 0 atom stereocenters. The van der Waals surface area contributed by atoms with Crippen molar-refractivity contribution in [3.63, 3.8) is 0 Å². The number of nitrogens with one attached hydrogen (secondary N) is 1. The molecule has 2 N–H and O–H groups in total. The van der Waals surface area contributed by atoms with Crippen LogP contribution < -0.4 is 5.32 Å². The monoisotopic (exact) mass is 287 g/mol. The molecule has 0 saturated heterocycles. The molecule has 0 bridgehead atoms. The molecule has 19 heavy (non-hydrogen) atoms. The van der Waals surface area contributed by atoms with Crippen molar-refractivity contribution in [3.05, 3.63) is 0 Å². The van der Waals surface area contributed by atoms with E-state index >= 15 is 0 Å². The zero-order valence-corrected chi connectivity index (χ0v) is 12.9. The standard InChI is InChI=1S/C14H25NO3S/c1-13(2,3)19-10-11(16)15-14(12(17)18)8-6-4-5-7-9-14/h4-10H2,1-3H3,(H,15,16)(H,17,18). The Hall–Kier alpha value is -0.710. The fraction of sp³-hybridized carbons (Fsp3) is 0.857. The molecular weight excluding hydrogens is 262 g/mol. The normalized spacial score (nSPS) is 19.5. The van der Waals surface area contributed by atoms with Gasteiger partial charge in [0.05, 0.1) is 5.75 Å². The Morgan fingerprint density at radius 3 is 2.11 bits per heavy atom. The highest BCUT2D eigenvalue weighted by molar-refractivity contribution is 8.01. The average Bonchev–Trinajstić information content (AvgIpc) is 2.52. The van der Waals surface area contributed by atoms with Crippen LogP contribution in [-0.4, -0.2) is 33.0 Å². The number of carbonyl (C=O) groups excluding carboxylic acids is 1. The van der Waals surface area contributed by atoms with Gasteiger partial charge in [-0.25, -0.2) is 4.79 Å². The van der Waals surface area contributed by atoms with Gasteiger partial charge >= 0.3 is 5.97 Å². The molecule has 1 aliphatic rings. The lowest BCUT2D eigenvalue weighted by atomic mass is 9.90. The zero-order valence-electron chi connectivity index (χ0n) is 12.1. The van der Waals surface area contributed by atoms with E-state index in [-0.39, 0.29) is 10.7 Å². The van der Waals surface area contributed by atoms with Crippen molar-refractivity contribution in [2.45, 2.75) is 69.6 Å². The molecule has 0 spiro atoms. The Kier molecular flexibility index (Phi) is 5.71. The van der Waals surface area contributed by atoms with E-state index in [1.807, 2.05) is 20.8 Å². The smallest absolute Gasteiger partial charge is 0.329 e. The first-order valence-corrected chi connectivity index (χ1v) is 7.92. The number of carboxylic acids is 1. The third-order valence-corrected chi connectivity index (χ3v) is 4.65. The third-order valence-electron chi connectivity index (χ3n) is 3.38. The Labute approximate surface area is 119 Å². The number of carboxylic acid groups (broad SMARTS) is 1. The largest absolute Gasteiger partial charge is 0.480 e. The predicted molar refractivity (Wildman–Crippen MR) is 78.4 cm³/mol. The van der Waals surface area contributed by atoms with E-state index in [4.69, 9.17) is 0 Å². The molecule has 110 valence electrons. The van der Waals surface area contributed by atoms with Crippen molar-refractivity contribution >= 4 is 23.6 Å². The lowest BCUT2D eigenvalue weighted by molar-refractivity contribution is -0.148. The minimum absolute atomic E-state index is 0.0111. The molecule has 1 amide bonds. The molecule has 4 nitrogen and oxygen atoms in total. The number of hydrogen-bond donors (Lipinski definition) is 2. The summed E-state index contributed by atoms with van der Waals surface area (Å²) in [5, 5.41) is 12.3. The topological polar surface area (TPSA) is 66.4 Å². The number of carbonyl (C=O) groups is 2. The minimum Gasteiger partial charge on any atom is -0.480 e. The molecule has 1 aliphatic carbocycles. The quantitative estimate of drug-likeness (QED) is 0.780. The van der Waals surface area contributed by atoms with E-state index in [1.54, 1.807) is 11.8 Å². The van der Waals surface area contributed by atoms with E-state index in [9.17, 15) is 14.7 Å². The average molecular weight is 287 g/mol. The first-order valence-electron chi connectivity index (χ1n) is 6.94. The van der Waals surface area contributed by atoms with Gasteiger partial charge < -0.3 is 10.4 Å². The summed E-state index contributed by atoms with van der Waals surface area (Å²) < 4.78 is 0.0111. The molecule has 5 heteroatoms. The van der Waals surface area contributed by atoms with Crippen LogP contribution in [0.3, 0.4) is 0 Å². The molecule has 1 saturated carbocycles. The predicted octanol–water partition coefficient (Wildman–Crippen LogP) is 2.81. The summed E-state index contributed by atoms with van der Waals surface area (Å²) in [7, 11) is 0. The van der Waals surface area contributed by atoms with Crippen molar-refractivity contribution in [1.82, 2.24) is 5.32 Å². The Morgan fingerprint density at radius 2 is 1.68 bits per heavy atom. The number of hydrogen-bond acceptors (Lipinski definition) is 3. The van der Waals surface area contributed by atoms with Crippen molar-refractivity contribution in [2.75, 3.05) is 5.75 Å². The maximum Gasteiger partial charge on any atom is 0.329 e. The number of thioether (sulfide) groups is 1. The van der Waals surface area contributed by atoms with Crippen LogP contribution in [-0.2, 0) is 9.59 Å². The van der Waals surface area contributed by atoms with Crippen LogP contribution in [0.2, 0.25) is 0 Å². The molecule has 0 aromatic carbocycles. The fourth-order valence-electron chi connectivity index (χ4n) is 2.31. The van der Waals surface area contributed by atoms with Crippen LogP contribution in [0, 0.1) is 0 Å².